The number of benzene rings is 1. The number of fused-ring (bicyclic) bond motifs is 1. The number of rotatable bonds is 4. The van der Waals surface area contributed by atoms with E-state index in [1.165, 1.54) is 11.3 Å². The third-order valence-electron chi connectivity index (χ3n) is 4.49. The van der Waals surface area contributed by atoms with Crippen molar-refractivity contribution in [1.82, 2.24) is 5.32 Å². The molecule has 5 nitrogen and oxygen atoms in total. The molecule has 0 saturated carbocycles. The predicted molar refractivity (Wildman–Crippen MR) is 86.7 cm³/mol. The molecule has 0 aliphatic carbocycles. The second kappa shape index (κ2) is 6.28. The number of carbonyl (C=O) groups is 1. The minimum Gasteiger partial charge on any atom is -0.370 e. The molecule has 22 heavy (non-hydrogen) atoms. The van der Waals surface area contributed by atoms with Gasteiger partial charge in [0.1, 0.15) is 0 Å². The number of sulfone groups is 1. The number of amides is 1. The van der Waals surface area contributed by atoms with Gasteiger partial charge in [-0.05, 0) is 30.9 Å². The Morgan fingerprint density at radius 1 is 1.32 bits per heavy atom. The van der Waals surface area contributed by atoms with Crippen LogP contribution in [0.15, 0.2) is 24.3 Å². The minimum atomic E-state index is -3.00. The zero-order chi connectivity index (χ0) is 15.6. The van der Waals surface area contributed by atoms with E-state index in [2.05, 4.69) is 28.4 Å². The summed E-state index contributed by atoms with van der Waals surface area (Å²) in [5.74, 6) is -0.333. The van der Waals surface area contributed by atoms with Crippen LogP contribution in [0.25, 0.3) is 0 Å². The molecule has 1 aromatic carbocycles. The van der Waals surface area contributed by atoms with Gasteiger partial charge < -0.3 is 10.2 Å². The lowest BCUT2D eigenvalue weighted by Gasteiger charge is -2.31. The summed E-state index contributed by atoms with van der Waals surface area (Å²) in [4.78, 5) is 14.3. The second-order valence-electron chi connectivity index (χ2n) is 6.11. The van der Waals surface area contributed by atoms with Crippen LogP contribution in [-0.2, 0) is 21.1 Å². The maximum Gasteiger partial charge on any atom is 0.224 e. The Bertz CT molecular complexity index is 657. The van der Waals surface area contributed by atoms with Gasteiger partial charge in [-0.15, -0.1) is 0 Å². The average Bonchev–Trinajstić information content (AvgIpc) is 2.88. The molecule has 0 bridgehead atoms. The maximum absolute atomic E-state index is 12.0. The van der Waals surface area contributed by atoms with Crippen molar-refractivity contribution in [3.63, 3.8) is 0 Å². The predicted octanol–water partition coefficient (Wildman–Crippen LogP) is 0.990. The summed E-state index contributed by atoms with van der Waals surface area (Å²) >= 11 is 0. The first-order chi connectivity index (χ1) is 10.6. The van der Waals surface area contributed by atoms with E-state index in [1.54, 1.807) is 0 Å². The third kappa shape index (κ3) is 3.43. The lowest BCUT2D eigenvalue weighted by Crippen LogP contribution is -2.39. The highest BCUT2D eigenvalue weighted by Gasteiger charge is 2.32. The fourth-order valence-electron chi connectivity index (χ4n) is 3.30. The van der Waals surface area contributed by atoms with Crippen LogP contribution in [0.2, 0.25) is 0 Å². The van der Waals surface area contributed by atoms with E-state index in [1.807, 2.05) is 6.07 Å². The van der Waals surface area contributed by atoms with Crippen molar-refractivity contribution in [3.8, 4) is 0 Å². The van der Waals surface area contributed by atoms with Gasteiger partial charge >= 0.3 is 0 Å². The van der Waals surface area contributed by atoms with Gasteiger partial charge in [-0.1, -0.05) is 18.2 Å². The Morgan fingerprint density at radius 2 is 2.14 bits per heavy atom. The van der Waals surface area contributed by atoms with Crippen molar-refractivity contribution in [2.24, 2.45) is 5.92 Å². The zero-order valence-corrected chi connectivity index (χ0v) is 13.4. The van der Waals surface area contributed by atoms with Crippen LogP contribution in [0.5, 0.6) is 0 Å². The molecule has 1 aromatic rings. The lowest BCUT2D eigenvalue weighted by atomic mass is 10.0. The van der Waals surface area contributed by atoms with E-state index >= 15 is 0 Å². The van der Waals surface area contributed by atoms with Gasteiger partial charge in [0.2, 0.25) is 5.91 Å². The molecule has 0 spiro atoms. The Hall–Kier alpha value is -1.56. The summed E-state index contributed by atoms with van der Waals surface area (Å²) < 4.78 is 22.8. The number of anilines is 1. The molecule has 1 saturated heterocycles. The van der Waals surface area contributed by atoms with E-state index in [0.717, 1.165) is 25.9 Å². The summed E-state index contributed by atoms with van der Waals surface area (Å²) in [5.41, 5.74) is 2.62. The van der Waals surface area contributed by atoms with Crippen LogP contribution in [0, 0.1) is 5.92 Å². The van der Waals surface area contributed by atoms with Gasteiger partial charge in [0.05, 0.1) is 17.4 Å². The largest absolute Gasteiger partial charge is 0.370 e. The SMILES string of the molecule is O=C(NCCN1CCCc2ccccc21)[C@H]1CCS(=O)(=O)C1. The van der Waals surface area contributed by atoms with E-state index in [-0.39, 0.29) is 23.3 Å². The van der Waals surface area contributed by atoms with Crippen molar-refractivity contribution in [1.29, 1.82) is 0 Å². The van der Waals surface area contributed by atoms with Gasteiger partial charge in [0.25, 0.3) is 0 Å². The summed E-state index contributed by atoms with van der Waals surface area (Å²) in [5, 5.41) is 2.90. The average molecular weight is 322 g/mol. The number of hydrogen-bond donors (Lipinski definition) is 1. The van der Waals surface area contributed by atoms with E-state index in [9.17, 15) is 13.2 Å². The minimum absolute atomic E-state index is 0.00534. The molecule has 1 N–H and O–H groups in total. The molecule has 2 aliphatic heterocycles. The Morgan fingerprint density at radius 3 is 2.91 bits per heavy atom. The molecule has 3 rings (SSSR count). The third-order valence-corrected chi connectivity index (χ3v) is 6.26. The number of aryl methyl sites for hydroxylation is 1. The first kappa shape index (κ1) is 15.3. The first-order valence-corrected chi connectivity index (χ1v) is 9.68. The number of hydrogen-bond acceptors (Lipinski definition) is 4. The summed E-state index contributed by atoms with van der Waals surface area (Å²) in [7, 11) is -3.00. The van der Waals surface area contributed by atoms with Crippen molar-refractivity contribution < 1.29 is 13.2 Å². The number of nitrogens with one attached hydrogen (secondary N) is 1. The normalized spacial score (nSPS) is 23.1. The van der Waals surface area contributed by atoms with Crippen LogP contribution in [0.4, 0.5) is 5.69 Å². The number of nitrogens with zero attached hydrogens (tertiary/aromatic N) is 1. The quantitative estimate of drug-likeness (QED) is 0.898. The molecule has 0 aromatic heterocycles. The highest BCUT2D eigenvalue weighted by molar-refractivity contribution is 7.91. The number of para-hydroxylation sites is 1. The van der Waals surface area contributed by atoms with Gasteiger partial charge in [0.15, 0.2) is 9.84 Å². The molecule has 1 fully saturated rings. The van der Waals surface area contributed by atoms with Gasteiger partial charge in [-0.2, -0.15) is 0 Å². The molecule has 1 atom stereocenters. The molecule has 2 heterocycles. The highest BCUT2D eigenvalue weighted by atomic mass is 32.2. The molecular formula is C16H22N2O3S. The molecule has 6 heteroatoms. The Labute approximate surface area is 131 Å². The summed E-state index contributed by atoms with van der Waals surface area (Å²) in [6.07, 6.45) is 2.70. The second-order valence-corrected chi connectivity index (χ2v) is 8.34. The maximum atomic E-state index is 12.0. The first-order valence-electron chi connectivity index (χ1n) is 7.86. The molecule has 120 valence electrons. The molecule has 2 aliphatic rings. The zero-order valence-electron chi connectivity index (χ0n) is 12.6. The smallest absolute Gasteiger partial charge is 0.224 e. The fraction of sp³-hybridized carbons (Fsp3) is 0.562. The molecule has 0 radical (unpaired) electrons. The summed E-state index contributed by atoms with van der Waals surface area (Å²) in [6.45, 7) is 2.33. The summed E-state index contributed by atoms with van der Waals surface area (Å²) in [6, 6.07) is 8.38. The van der Waals surface area contributed by atoms with Crippen LogP contribution < -0.4 is 10.2 Å². The Balaban J connectivity index is 1.51. The van der Waals surface area contributed by atoms with Crippen molar-refractivity contribution >= 4 is 21.4 Å². The van der Waals surface area contributed by atoms with Crippen LogP contribution >= 0.6 is 0 Å². The molecular weight excluding hydrogens is 300 g/mol. The van der Waals surface area contributed by atoms with Crippen LogP contribution in [0.1, 0.15) is 18.4 Å². The highest BCUT2D eigenvalue weighted by Crippen LogP contribution is 2.26. The van der Waals surface area contributed by atoms with Crippen LogP contribution in [-0.4, -0.2) is 45.5 Å². The van der Waals surface area contributed by atoms with Crippen molar-refractivity contribution in [3.05, 3.63) is 29.8 Å². The van der Waals surface area contributed by atoms with Crippen LogP contribution in [0.3, 0.4) is 0 Å². The molecule has 0 unspecified atom stereocenters. The molecule has 1 amide bonds. The lowest BCUT2D eigenvalue weighted by molar-refractivity contribution is -0.124. The van der Waals surface area contributed by atoms with Crippen molar-refractivity contribution in [2.75, 3.05) is 36.0 Å². The van der Waals surface area contributed by atoms with Gasteiger partial charge in [0, 0.05) is 25.3 Å². The standard InChI is InChI=1S/C16H22N2O3S/c19-16(14-7-11-22(20,21)12-14)17-8-10-18-9-3-5-13-4-1-2-6-15(13)18/h1-2,4,6,14H,3,5,7-12H2,(H,17,19)/t14-/m0/s1. The number of carbonyl (C=O) groups excluding carboxylic acids is 1. The van der Waals surface area contributed by atoms with E-state index in [4.69, 9.17) is 0 Å². The van der Waals surface area contributed by atoms with E-state index in [0.29, 0.717) is 13.0 Å². The van der Waals surface area contributed by atoms with Gasteiger partial charge in [-0.25, -0.2) is 8.42 Å². The monoisotopic (exact) mass is 322 g/mol. The topological polar surface area (TPSA) is 66.5 Å². The Kier molecular flexibility index (Phi) is 4.38. The van der Waals surface area contributed by atoms with Gasteiger partial charge in [-0.3, -0.25) is 4.79 Å². The van der Waals surface area contributed by atoms with Crippen molar-refractivity contribution in [2.45, 2.75) is 19.3 Å². The van der Waals surface area contributed by atoms with E-state index < -0.39 is 9.84 Å². The fourth-order valence-corrected chi connectivity index (χ4v) is 5.05.